The van der Waals surface area contributed by atoms with Gasteiger partial charge in [0.25, 0.3) is 5.91 Å². The lowest BCUT2D eigenvalue weighted by Gasteiger charge is -2.36. The summed E-state index contributed by atoms with van der Waals surface area (Å²) in [6, 6.07) is 1.58. The molecule has 96 valence electrons. The van der Waals surface area contributed by atoms with Crippen molar-refractivity contribution in [1.29, 1.82) is 0 Å². The molecule has 0 saturated heterocycles. The summed E-state index contributed by atoms with van der Waals surface area (Å²) in [6.07, 6.45) is 1.75. The second-order valence-corrected chi connectivity index (χ2v) is 5.50. The largest absolute Gasteiger partial charge is 0.394 e. The first kappa shape index (κ1) is 13.8. The zero-order valence-corrected chi connectivity index (χ0v) is 11.2. The standard InChI is InChI=1S/C13H22N2O2/c1-9-10(6-7-14-9)12(17)15(5)11(8-16)13(2,3)4/h6-7,11,14,16H,8H2,1-5H3. The molecule has 0 spiro atoms. The maximum Gasteiger partial charge on any atom is 0.255 e. The fraction of sp³-hybridized carbons (Fsp3) is 0.615. The Hall–Kier alpha value is -1.29. The molecule has 0 radical (unpaired) electrons. The molecular formula is C13H22N2O2. The van der Waals surface area contributed by atoms with Gasteiger partial charge in [-0.25, -0.2) is 0 Å². The molecule has 0 aliphatic carbocycles. The van der Waals surface area contributed by atoms with Gasteiger partial charge in [0.2, 0.25) is 0 Å². The van der Waals surface area contributed by atoms with E-state index in [-0.39, 0.29) is 24.0 Å². The van der Waals surface area contributed by atoms with Gasteiger partial charge in [-0.1, -0.05) is 20.8 Å². The Balaban J connectivity index is 2.93. The van der Waals surface area contributed by atoms with E-state index >= 15 is 0 Å². The second kappa shape index (κ2) is 4.92. The minimum absolute atomic E-state index is 0.0325. The van der Waals surface area contributed by atoms with E-state index in [4.69, 9.17) is 0 Å². The number of amides is 1. The molecule has 2 N–H and O–H groups in total. The summed E-state index contributed by atoms with van der Waals surface area (Å²) < 4.78 is 0. The number of carbonyl (C=O) groups excluding carboxylic acids is 1. The number of rotatable bonds is 3. The van der Waals surface area contributed by atoms with Crippen LogP contribution < -0.4 is 0 Å². The van der Waals surface area contributed by atoms with E-state index in [1.807, 2.05) is 27.7 Å². The van der Waals surface area contributed by atoms with Crippen LogP contribution in [0.3, 0.4) is 0 Å². The topological polar surface area (TPSA) is 56.3 Å². The molecule has 17 heavy (non-hydrogen) atoms. The SMILES string of the molecule is Cc1[nH]ccc1C(=O)N(C)C(CO)C(C)(C)C. The van der Waals surface area contributed by atoms with Crippen LogP contribution in [0.2, 0.25) is 0 Å². The lowest BCUT2D eigenvalue weighted by atomic mass is 9.86. The third-order valence-electron chi connectivity index (χ3n) is 3.14. The molecule has 0 aliphatic rings. The lowest BCUT2D eigenvalue weighted by molar-refractivity contribution is 0.0433. The minimum Gasteiger partial charge on any atom is -0.394 e. The fourth-order valence-electron chi connectivity index (χ4n) is 1.99. The van der Waals surface area contributed by atoms with E-state index in [0.29, 0.717) is 5.56 Å². The first-order chi connectivity index (χ1) is 7.79. The maximum atomic E-state index is 12.3. The number of aliphatic hydroxyl groups excluding tert-OH is 1. The molecule has 1 atom stereocenters. The average molecular weight is 238 g/mol. The molecule has 1 unspecified atom stereocenters. The smallest absolute Gasteiger partial charge is 0.255 e. The van der Waals surface area contributed by atoms with Gasteiger partial charge in [0.05, 0.1) is 18.2 Å². The highest BCUT2D eigenvalue weighted by atomic mass is 16.3. The molecule has 1 amide bonds. The Morgan fingerprint density at radius 3 is 2.47 bits per heavy atom. The number of hydrogen-bond donors (Lipinski definition) is 2. The fourth-order valence-corrected chi connectivity index (χ4v) is 1.99. The van der Waals surface area contributed by atoms with Crippen LogP contribution in [-0.2, 0) is 0 Å². The summed E-state index contributed by atoms with van der Waals surface area (Å²) >= 11 is 0. The zero-order chi connectivity index (χ0) is 13.2. The van der Waals surface area contributed by atoms with E-state index in [1.165, 1.54) is 0 Å². The molecule has 0 aromatic carbocycles. The molecule has 4 nitrogen and oxygen atoms in total. The van der Waals surface area contributed by atoms with E-state index in [0.717, 1.165) is 5.69 Å². The Bertz CT molecular complexity index is 390. The quantitative estimate of drug-likeness (QED) is 0.843. The summed E-state index contributed by atoms with van der Waals surface area (Å²) in [5, 5.41) is 9.45. The summed E-state index contributed by atoms with van der Waals surface area (Å²) in [7, 11) is 1.74. The third-order valence-corrected chi connectivity index (χ3v) is 3.14. The van der Waals surface area contributed by atoms with Crippen molar-refractivity contribution in [3.05, 3.63) is 23.5 Å². The summed E-state index contributed by atoms with van der Waals surface area (Å²) in [4.78, 5) is 16.9. The van der Waals surface area contributed by atoms with Crippen LogP contribution in [0.25, 0.3) is 0 Å². The number of hydrogen-bond acceptors (Lipinski definition) is 2. The van der Waals surface area contributed by atoms with Crippen LogP contribution in [0.15, 0.2) is 12.3 Å². The van der Waals surface area contributed by atoms with Gasteiger partial charge in [-0.3, -0.25) is 4.79 Å². The van der Waals surface area contributed by atoms with Crippen molar-refractivity contribution < 1.29 is 9.90 Å². The van der Waals surface area contributed by atoms with Crippen LogP contribution in [-0.4, -0.2) is 40.6 Å². The molecule has 1 rings (SSSR count). The van der Waals surface area contributed by atoms with Crippen molar-refractivity contribution in [3.63, 3.8) is 0 Å². The lowest BCUT2D eigenvalue weighted by Crippen LogP contribution is -2.47. The Labute approximate surface area is 103 Å². The molecule has 0 fully saturated rings. The van der Waals surface area contributed by atoms with Gasteiger partial charge < -0.3 is 15.0 Å². The number of nitrogens with one attached hydrogen (secondary N) is 1. The van der Waals surface area contributed by atoms with Crippen molar-refractivity contribution in [2.24, 2.45) is 5.41 Å². The summed E-state index contributed by atoms with van der Waals surface area (Å²) in [6.45, 7) is 7.88. The van der Waals surface area contributed by atoms with Crippen molar-refractivity contribution in [2.45, 2.75) is 33.7 Å². The average Bonchev–Trinajstić information content (AvgIpc) is 2.62. The maximum absolute atomic E-state index is 12.3. The van der Waals surface area contributed by atoms with Crippen LogP contribution >= 0.6 is 0 Å². The molecule has 1 aromatic rings. The van der Waals surface area contributed by atoms with Gasteiger partial charge in [0, 0.05) is 18.9 Å². The van der Waals surface area contributed by atoms with Crippen LogP contribution in [0.4, 0.5) is 0 Å². The minimum atomic E-state index is -0.190. The van der Waals surface area contributed by atoms with Crippen LogP contribution in [0, 0.1) is 12.3 Å². The van der Waals surface area contributed by atoms with Crippen molar-refractivity contribution in [3.8, 4) is 0 Å². The van der Waals surface area contributed by atoms with Gasteiger partial charge in [-0.05, 0) is 18.4 Å². The number of H-pyrrole nitrogens is 1. The molecule has 4 heteroatoms. The first-order valence-electron chi connectivity index (χ1n) is 5.81. The van der Waals surface area contributed by atoms with E-state index in [9.17, 15) is 9.90 Å². The molecule has 0 aliphatic heterocycles. The van der Waals surface area contributed by atoms with Crippen molar-refractivity contribution >= 4 is 5.91 Å². The summed E-state index contributed by atoms with van der Waals surface area (Å²) in [5.74, 6) is -0.0577. The van der Waals surface area contributed by atoms with Crippen molar-refractivity contribution in [2.75, 3.05) is 13.7 Å². The summed E-state index contributed by atoms with van der Waals surface area (Å²) in [5.41, 5.74) is 1.37. The van der Waals surface area contributed by atoms with E-state index in [2.05, 4.69) is 4.98 Å². The van der Waals surface area contributed by atoms with E-state index < -0.39 is 0 Å². The highest BCUT2D eigenvalue weighted by Gasteiger charge is 2.31. The van der Waals surface area contributed by atoms with E-state index in [1.54, 1.807) is 24.2 Å². The predicted molar refractivity (Wildman–Crippen MR) is 68.0 cm³/mol. The first-order valence-corrected chi connectivity index (χ1v) is 5.81. The van der Waals surface area contributed by atoms with Gasteiger partial charge in [0.1, 0.15) is 0 Å². The highest BCUT2D eigenvalue weighted by Crippen LogP contribution is 2.24. The molecule has 0 bridgehead atoms. The Morgan fingerprint density at radius 2 is 2.12 bits per heavy atom. The van der Waals surface area contributed by atoms with Gasteiger partial charge in [-0.15, -0.1) is 0 Å². The van der Waals surface area contributed by atoms with Gasteiger partial charge >= 0.3 is 0 Å². The second-order valence-electron chi connectivity index (χ2n) is 5.50. The third kappa shape index (κ3) is 2.88. The number of aromatic nitrogens is 1. The van der Waals surface area contributed by atoms with Gasteiger partial charge in [0.15, 0.2) is 0 Å². The Morgan fingerprint density at radius 1 is 1.53 bits per heavy atom. The normalized spacial score (nSPS) is 13.5. The number of aliphatic hydroxyl groups is 1. The number of carbonyl (C=O) groups is 1. The highest BCUT2D eigenvalue weighted by molar-refractivity contribution is 5.95. The monoisotopic (exact) mass is 238 g/mol. The number of aromatic amines is 1. The molecular weight excluding hydrogens is 216 g/mol. The number of aryl methyl sites for hydroxylation is 1. The molecule has 1 heterocycles. The predicted octanol–water partition coefficient (Wildman–Crippen LogP) is 1.80. The molecule has 1 aromatic heterocycles. The Kier molecular flexibility index (Phi) is 3.98. The number of likely N-dealkylation sites (N-methyl/N-ethyl adjacent to an activating group) is 1. The van der Waals surface area contributed by atoms with Crippen LogP contribution in [0.5, 0.6) is 0 Å². The van der Waals surface area contributed by atoms with Crippen molar-refractivity contribution in [1.82, 2.24) is 9.88 Å². The zero-order valence-electron chi connectivity index (χ0n) is 11.2. The number of nitrogens with zero attached hydrogens (tertiary/aromatic N) is 1. The molecule has 0 saturated carbocycles. The van der Waals surface area contributed by atoms with Crippen LogP contribution in [0.1, 0.15) is 36.8 Å². The van der Waals surface area contributed by atoms with Gasteiger partial charge in [-0.2, -0.15) is 0 Å².